The summed E-state index contributed by atoms with van der Waals surface area (Å²) in [6.45, 7) is 1.90. The van der Waals surface area contributed by atoms with Crippen molar-refractivity contribution in [1.82, 2.24) is 9.78 Å². The van der Waals surface area contributed by atoms with Crippen molar-refractivity contribution in [1.29, 1.82) is 0 Å². The van der Waals surface area contributed by atoms with E-state index in [1.165, 1.54) is 13.2 Å². The van der Waals surface area contributed by atoms with E-state index >= 15 is 0 Å². The molecule has 0 aliphatic heterocycles. The third-order valence-corrected chi connectivity index (χ3v) is 3.42. The van der Waals surface area contributed by atoms with Crippen molar-refractivity contribution in [2.45, 2.75) is 13.0 Å². The number of benzene rings is 1. The summed E-state index contributed by atoms with van der Waals surface area (Å²) in [5, 5.41) is 4.15. The molecule has 0 spiro atoms. The summed E-state index contributed by atoms with van der Waals surface area (Å²) in [6, 6.07) is 4.66. The Morgan fingerprint density at radius 1 is 1.50 bits per heavy atom. The maximum atomic E-state index is 13.6. The first kappa shape index (κ1) is 12.9. The topological polar surface area (TPSA) is 53.1 Å². The highest BCUT2D eigenvalue weighted by molar-refractivity contribution is 9.10. The second kappa shape index (κ2) is 4.97. The van der Waals surface area contributed by atoms with Crippen molar-refractivity contribution in [2.24, 2.45) is 0 Å². The molecule has 0 fully saturated rings. The van der Waals surface area contributed by atoms with Crippen molar-refractivity contribution in [3.05, 3.63) is 40.2 Å². The van der Waals surface area contributed by atoms with Crippen LogP contribution in [0.2, 0.25) is 0 Å². The van der Waals surface area contributed by atoms with Gasteiger partial charge in [-0.1, -0.05) is 6.07 Å². The van der Waals surface area contributed by atoms with Gasteiger partial charge in [0.05, 0.1) is 23.8 Å². The zero-order valence-corrected chi connectivity index (χ0v) is 11.6. The Labute approximate surface area is 113 Å². The van der Waals surface area contributed by atoms with Crippen LogP contribution in [0.3, 0.4) is 0 Å². The molecular weight excluding hydrogens is 301 g/mol. The molecule has 0 saturated carbocycles. The van der Waals surface area contributed by atoms with Crippen LogP contribution in [0, 0.1) is 5.82 Å². The smallest absolute Gasteiger partial charge is 0.165 e. The number of nitrogens with two attached hydrogens (primary N) is 1. The predicted molar refractivity (Wildman–Crippen MR) is 71.1 cm³/mol. The van der Waals surface area contributed by atoms with E-state index in [1.54, 1.807) is 23.0 Å². The van der Waals surface area contributed by atoms with Gasteiger partial charge in [0, 0.05) is 0 Å². The predicted octanol–water partition coefficient (Wildman–Crippen LogP) is 2.98. The number of hydrogen-bond donors (Lipinski definition) is 1. The minimum atomic E-state index is -0.397. The van der Waals surface area contributed by atoms with Crippen LogP contribution in [0.1, 0.15) is 18.5 Å². The molecule has 1 heterocycles. The van der Waals surface area contributed by atoms with Crippen molar-refractivity contribution in [3.8, 4) is 5.75 Å². The molecule has 2 aromatic rings. The molecule has 0 radical (unpaired) electrons. The zero-order valence-electron chi connectivity index (χ0n) is 10.0. The maximum absolute atomic E-state index is 13.6. The Balaban J connectivity index is 2.37. The number of methoxy groups -OCH3 is 1. The summed E-state index contributed by atoms with van der Waals surface area (Å²) in [6.07, 6.45) is 1.62. The number of nitrogen functional groups attached to an aromatic ring is 1. The van der Waals surface area contributed by atoms with Crippen LogP contribution in [0.15, 0.2) is 28.9 Å². The Hall–Kier alpha value is -1.56. The fraction of sp³-hybridized carbons (Fsp3) is 0.250. The lowest BCUT2D eigenvalue weighted by molar-refractivity contribution is 0.385. The fourth-order valence-corrected chi connectivity index (χ4v) is 2.02. The van der Waals surface area contributed by atoms with Gasteiger partial charge in [-0.25, -0.2) is 9.07 Å². The van der Waals surface area contributed by atoms with Gasteiger partial charge in [-0.3, -0.25) is 0 Å². The third-order valence-electron chi connectivity index (χ3n) is 2.81. The van der Waals surface area contributed by atoms with E-state index in [0.29, 0.717) is 5.82 Å². The normalized spacial score (nSPS) is 12.4. The standard InChI is InChI=1S/C12H13BrFN3O/c1-7(17-12(15)9(13)6-16-17)8-3-4-11(18-2)10(14)5-8/h3-7H,15H2,1-2H3. The number of ether oxygens (including phenoxy) is 1. The minimum absolute atomic E-state index is 0.156. The largest absolute Gasteiger partial charge is 0.494 e. The van der Waals surface area contributed by atoms with Crippen molar-refractivity contribution in [2.75, 3.05) is 12.8 Å². The Morgan fingerprint density at radius 2 is 2.22 bits per heavy atom. The molecule has 1 aromatic carbocycles. The van der Waals surface area contributed by atoms with E-state index in [4.69, 9.17) is 10.5 Å². The average molecular weight is 314 g/mol. The highest BCUT2D eigenvalue weighted by Gasteiger charge is 2.15. The van der Waals surface area contributed by atoms with Gasteiger partial charge in [0.25, 0.3) is 0 Å². The second-order valence-corrected chi connectivity index (χ2v) is 4.75. The molecule has 0 aliphatic carbocycles. The van der Waals surface area contributed by atoms with Gasteiger partial charge in [0.2, 0.25) is 0 Å². The molecule has 6 heteroatoms. The first-order chi connectivity index (χ1) is 8.54. The third kappa shape index (κ3) is 2.20. The lowest BCUT2D eigenvalue weighted by Gasteiger charge is -2.15. The lowest BCUT2D eigenvalue weighted by Crippen LogP contribution is -2.11. The highest BCUT2D eigenvalue weighted by atomic mass is 79.9. The summed E-state index contributed by atoms with van der Waals surface area (Å²) in [5.41, 5.74) is 6.64. The number of aromatic nitrogens is 2. The van der Waals surface area contributed by atoms with Gasteiger partial charge in [-0.2, -0.15) is 5.10 Å². The first-order valence-corrected chi connectivity index (χ1v) is 6.15. The van der Waals surface area contributed by atoms with Crippen LogP contribution in [0.4, 0.5) is 10.2 Å². The number of nitrogens with zero attached hydrogens (tertiary/aromatic N) is 2. The van der Waals surface area contributed by atoms with Crippen molar-refractivity contribution < 1.29 is 9.13 Å². The molecule has 1 unspecified atom stereocenters. The van der Waals surface area contributed by atoms with Crippen LogP contribution in [-0.4, -0.2) is 16.9 Å². The molecule has 0 aliphatic rings. The van der Waals surface area contributed by atoms with Gasteiger partial charge in [-0.05, 0) is 40.5 Å². The van der Waals surface area contributed by atoms with E-state index in [1.807, 2.05) is 6.92 Å². The van der Waals surface area contributed by atoms with Crippen LogP contribution < -0.4 is 10.5 Å². The summed E-state index contributed by atoms with van der Waals surface area (Å²) in [7, 11) is 1.43. The molecule has 1 atom stereocenters. The molecule has 0 amide bonds. The van der Waals surface area contributed by atoms with Crippen molar-refractivity contribution >= 4 is 21.7 Å². The number of hydrogen-bond acceptors (Lipinski definition) is 3. The average Bonchev–Trinajstić information content (AvgIpc) is 2.69. The van der Waals surface area contributed by atoms with Crippen LogP contribution in [0.25, 0.3) is 0 Å². The maximum Gasteiger partial charge on any atom is 0.165 e. The van der Waals surface area contributed by atoms with Gasteiger partial charge < -0.3 is 10.5 Å². The molecule has 18 heavy (non-hydrogen) atoms. The summed E-state index contributed by atoms with van der Waals surface area (Å²) >= 11 is 3.29. The molecule has 4 nitrogen and oxygen atoms in total. The van der Waals surface area contributed by atoms with Crippen LogP contribution >= 0.6 is 15.9 Å². The summed E-state index contributed by atoms with van der Waals surface area (Å²) < 4.78 is 20.9. The molecule has 2 N–H and O–H groups in total. The van der Waals surface area contributed by atoms with Crippen LogP contribution in [-0.2, 0) is 0 Å². The minimum Gasteiger partial charge on any atom is -0.494 e. The molecular formula is C12H13BrFN3O. The molecule has 1 aromatic heterocycles. The van der Waals surface area contributed by atoms with Crippen LogP contribution in [0.5, 0.6) is 5.75 Å². The summed E-state index contributed by atoms with van der Waals surface area (Å²) in [5.74, 6) is 0.339. The number of halogens is 2. The monoisotopic (exact) mass is 313 g/mol. The quantitative estimate of drug-likeness (QED) is 0.947. The van der Waals surface area contributed by atoms with Gasteiger partial charge in [0.1, 0.15) is 5.82 Å². The van der Waals surface area contributed by atoms with Gasteiger partial charge >= 0.3 is 0 Å². The van der Waals surface area contributed by atoms with E-state index < -0.39 is 5.82 Å². The SMILES string of the molecule is COc1ccc(C(C)n2ncc(Br)c2N)cc1F. The van der Waals surface area contributed by atoms with E-state index in [-0.39, 0.29) is 11.8 Å². The van der Waals surface area contributed by atoms with E-state index in [0.717, 1.165) is 10.0 Å². The fourth-order valence-electron chi connectivity index (χ4n) is 1.74. The van der Waals surface area contributed by atoms with Gasteiger partial charge in [-0.15, -0.1) is 0 Å². The van der Waals surface area contributed by atoms with Gasteiger partial charge in [0.15, 0.2) is 11.6 Å². The summed E-state index contributed by atoms with van der Waals surface area (Å²) in [4.78, 5) is 0. The Morgan fingerprint density at radius 3 is 2.72 bits per heavy atom. The van der Waals surface area contributed by atoms with Crippen molar-refractivity contribution in [3.63, 3.8) is 0 Å². The Kier molecular flexibility index (Phi) is 3.56. The molecule has 0 saturated heterocycles. The molecule has 96 valence electrons. The van der Waals surface area contributed by atoms with E-state index in [2.05, 4.69) is 21.0 Å². The molecule has 0 bridgehead atoms. The Bertz CT molecular complexity index is 570. The second-order valence-electron chi connectivity index (χ2n) is 3.89. The zero-order chi connectivity index (χ0) is 13.3. The number of rotatable bonds is 3. The highest BCUT2D eigenvalue weighted by Crippen LogP contribution is 2.28. The first-order valence-electron chi connectivity index (χ1n) is 5.36. The molecule has 2 rings (SSSR count). The van der Waals surface area contributed by atoms with E-state index in [9.17, 15) is 4.39 Å². The number of anilines is 1. The lowest BCUT2D eigenvalue weighted by atomic mass is 10.1.